The van der Waals surface area contributed by atoms with Crippen LogP contribution in [0.25, 0.3) is 11.4 Å². The van der Waals surface area contributed by atoms with Crippen LogP contribution in [0.2, 0.25) is 0 Å². The zero-order chi connectivity index (χ0) is 19.7. The number of halogens is 1. The fourth-order valence-corrected chi connectivity index (χ4v) is 4.63. The van der Waals surface area contributed by atoms with E-state index in [1.54, 1.807) is 0 Å². The van der Waals surface area contributed by atoms with Gasteiger partial charge in [-0.05, 0) is 41.9 Å². The molecule has 0 saturated carbocycles. The monoisotopic (exact) mass is 460 g/mol. The minimum atomic E-state index is 0.0137. The molecule has 146 valence electrons. The van der Waals surface area contributed by atoms with Gasteiger partial charge in [-0.1, -0.05) is 35.0 Å². The van der Waals surface area contributed by atoms with Gasteiger partial charge in [-0.15, -0.1) is 11.3 Å². The second-order valence-electron chi connectivity index (χ2n) is 6.93. The molecule has 0 radical (unpaired) electrons. The summed E-state index contributed by atoms with van der Waals surface area (Å²) in [6, 6.07) is 11.9. The predicted octanol–water partition coefficient (Wildman–Crippen LogP) is 4.39. The highest BCUT2D eigenvalue weighted by molar-refractivity contribution is 9.11. The first-order valence-corrected chi connectivity index (χ1v) is 10.8. The summed E-state index contributed by atoms with van der Waals surface area (Å²) in [4.78, 5) is 22.1. The molecular formula is C20H21BrN4O2S. The van der Waals surface area contributed by atoms with E-state index in [0.717, 1.165) is 27.3 Å². The molecule has 0 N–H and O–H groups in total. The number of piperazine rings is 1. The molecule has 1 aliphatic heterocycles. The van der Waals surface area contributed by atoms with Crippen LogP contribution in [0.1, 0.15) is 34.1 Å². The Morgan fingerprint density at radius 3 is 2.50 bits per heavy atom. The zero-order valence-corrected chi connectivity index (χ0v) is 18.2. The van der Waals surface area contributed by atoms with E-state index in [2.05, 4.69) is 44.8 Å². The average Bonchev–Trinajstić information content (AvgIpc) is 3.37. The number of benzene rings is 1. The van der Waals surface area contributed by atoms with Gasteiger partial charge in [0.15, 0.2) is 0 Å². The van der Waals surface area contributed by atoms with Crippen LogP contribution < -0.4 is 0 Å². The Labute approximate surface area is 176 Å². The quantitative estimate of drug-likeness (QED) is 0.577. The molecule has 1 fully saturated rings. The highest BCUT2D eigenvalue weighted by atomic mass is 79.9. The van der Waals surface area contributed by atoms with Gasteiger partial charge >= 0.3 is 0 Å². The smallest absolute Gasteiger partial charge is 0.264 e. The standard InChI is InChI=1S/C20H21BrN4O2S/c1-13-3-5-15(6-4-13)18-22-19(27-23-18)14(2)24-9-11-25(12-10-24)20(26)16-7-8-17(21)28-16/h3-8,14H,9-12H2,1-2H3. The third kappa shape index (κ3) is 4.04. The van der Waals surface area contributed by atoms with Crippen LogP contribution in [0.15, 0.2) is 44.7 Å². The van der Waals surface area contributed by atoms with Crippen LogP contribution in [-0.4, -0.2) is 52.0 Å². The molecule has 2 aromatic heterocycles. The fourth-order valence-electron chi connectivity index (χ4n) is 3.28. The molecule has 28 heavy (non-hydrogen) atoms. The Morgan fingerprint density at radius 2 is 1.86 bits per heavy atom. The Kier molecular flexibility index (Phi) is 5.61. The van der Waals surface area contributed by atoms with Crippen molar-refractivity contribution < 1.29 is 9.32 Å². The van der Waals surface area contributed by atoms with Crippen LogP contribution in [0.5, 0.6) is 0 Å². The summed E-state index contributed by atoms with van der Waals surface area (Å²) in [5, 5.41) is 4.14. The number of carbonyl (C=O) groups excluding carboxylic acids is 1. The maximum atomic E-state index is 12.6. The van der Waals surface area contributed by atoms with Crippen molar-refractivity contribution >= 4 is 33.2 Å². The summed E-state index contributed by atoms with van der Waals surface area (Å²) in [6.07, 6.45) is 0. The molecule has 0 aliphatic carbocycles. The van der Waals surface area contributed by atoms with Crippen molar-refractivity contribution in [1.29, 1.82) is 0 Å². The van der Waals surface area contributed by atoms with Crippen molar-refractivity contribution in [3.8, 4) is 11.4 Å². The first kappa shape index (κ1) is 19.3. The lowest BCUT2D eigenvalue weighted by Crippen LogP contribution is -2.49. The molecule has 1 atom stereocenters. The molecule has 3 heterocycles. The third-order valence-corrected chi connectivity index (χ3v) is 6.65. The zero-order valence-electron chi connectivity index (χ0n) is 15.8. The number of hydrogen-bond donors (Lipinski definition) is 0. The number of aromatic nitrogens is 2. The molecule has 4 rings (SSSR count). The second-order valence-corrected chi connectivity index (χ2v) is 9.39. The SMILES string of the molecule is Cc1ccc(-c2noc(C(C)N3CCN(C(=O)c4ccc(Br)s4)CC3)n2)cc1. The van der Waals surface area contributed by atoms with Gasteiger partial charge in [-0.2, -0.15) is 4.98 Å². The number of nitrogens with zero attached hydrogens (tertiary/aromatic N) is 4. The molecule has 1 aromatic carbocycles. The van der Waals surface area contributed by atoms with Crippen molar-refractivity contribution in [3.05, 3.63) is 56.5 Å². The second kappa shape index (κ2) is 8.14. The van der Waals surface area contributed by atoms with Crippen LogP contribution in [-0.2, 0) is 0 Å². The van der Waals surface area contributed by atoms with E-state index in [9.17, 15) is 4.79 Å². The lowest BCUT2D eigenvalue weighted by Gasteiger charge is -2.36. The number of thiophene rings is 1. The van der Waals surface area contributed by atoms with Gasteiger partial charge in [0.25, 0.3) is 5.91 Å². The van der Waals surface area contributed by atoms with Crippen molar-refractivity contribution in [3.63, 3.8) is 0 Å². The Bertz CT molecular complexity index is 961. The summed E-state index contributed by atoms with van der Waals surface area (Å²) >= 11 is 4.89. The van der Waals surface area contributed by atoms with Gasteiger partial charge in [0.2, 0.25) is 11.7 Å². The first-order valence-electron chi connectivity index (χ1n) is 9.20. The van der Waals surface area contributed by atoms with Gasteiger partial charge in [-0.25, -0.2) is 0 Å². The summed E-state index contributed by atoms with van der Waals surface area (Å²) in [6.45, 7) is 7.06. The molecule has 1 amide bonds. The van der Waals surface area contributed by atoms with Gasteiger partial charge in [0, 0.05) is 31.7 Å². The molecule has 1 saturated heterocycles. The van der Waals surface area contributed by atoms with E-state index < -0.39 is 0 Å². The number of amides is 1. The topological polar surface area (TPSA) is 62.5 Å². The highest BCUT2D eigenvalue weighted by Gasteiger charge is 2.28. The van der Waals surface area contributed by atoms with Crippen molar-refractivity contribution in [2.75, 3.05) is 26.2 Å². The maximum Gasteiger partial charge on any atom is 0.264 e. The number of aryl methyl sites for hydroxylation is 1. The minimum absolute atomic E-state index is 0.0137. The lowest BCUT2D eigenvalue weighted by molar-refractivity contribution is 0.0556. The average molecular weight is 461 g/mol. The highest BCUT2D eigenvalue weighted by Crippen LogP contribution is 2.26. The van der Waals surface area contributed by atoms with E-state index >= 15 is 0 Å². The third-order valence-electron chi connectivity index (χ3n) is 5.04. The van der Waals surface area contributed by atoms with Gasteiger partial charge in [0.1, 0.15) is 0 Å². The first-order chi connectivity index (χ1) is 13.5. The summed E-state index contributed by atoms with van der Waals surface area (Å²) in [5.74, 6) is 1.32. The van der Waals surface area contributed by atoms with Gasteiger partial charge < -0.3 is 9.42 Å². The van der Waals surface area contributed by atoms with Gasteiger partial charge in [0.05, 0.1) is 14.7 Å². The predicted molar refractivity (Wildman–Crippen MR) is 112 cm³/mol. The molecule has 0 spiro atoms. The van der Waals surface area contributed by atoms with E-state index in [-0.39, 0.29) is 11.9 Å². The molecule has 1 aliphatic rings. The molecule has 3 aromatic rings. The molecule has 8 heteroatoms. The van der Waals surface area contributed by atoms with Crippen molar-refractivity contribution in [2.24, 2.45) is 0 Å². The molecule has 1 unspecified atom stereocenters. The summed E-state index contributed by atoms with van der Waals surface area (Å²) < 4.78 is 6.50. The normalized spacial score (nSPS) is 16.3. The van der Waals surface area contributed by atoms with Crippen LogP contribution >= 0.6 is 27.3 Å². The summed E-state index contributed by atoms with van der Waals surface area (Å²) in [7, 11) is 0. The fraction of sp³-hybridized carbons (Fsp3) is 0.350. The van der Waals surface area contributed by atoms with Crippen LogP contribution in [0.3, 0.4) is 0 Å². The molecule has 0 bridgehead atoms. The largest absolute Gasteiger partial charge is 0.337 e. The molecular weight excluding hydrogens is 440 g/mol. The van der Waals surface area contributed by atoms with Crippen LogP contribution in [0, 0.1) is 6.92 Å². The maximum absolute atomic E-state index is 12.6. The number of rotatable bonds is 4. The number of hydrogen-bond acceptors (Lipinski definition) is 6. The molecule has 6 nitrogen and oxygen atoms in total. The van der Waals surface area contributed by atoms with Gasteiger partial charge in [-0.3, -0.25) is 9.69 Å². The van der Waals surface area contributed by atoms with Crippen molar-refractivity contribution in [2.45, 2.75) is 19.9 Å². The Morgan fingerprint density at radius 1 is 1.14 bits per heavy atom. The van der Waals surface area contributed by atoms with E-state index in [1.807, 2.05) is 41.3 Å². The lowest BCUT2D eigenvalue weighted by atomic mass is 10.1. The van der Waals surface area contributed by atoms with Crippen molar-refractivity contribution in [1.82, 2.24) is 19.9 Å². The van der Waals surface area contributed by atoms with E-state index in [1.165, 1.54) is 16.9 Å². The van der Waals surface area contributed by atoms with E-state index in [4.69, 9.17) is 4.52 Å². The Hall–Kier alpha value is -2.03. The van der Waals surface area contributed by atoms with Crippen LogP contribution in [0.4, 0.5) is 0 Å². The van der Waals surface area contributed by atoms with E-state index in [0.29, 0.717) is 24.8 Å². The number of carbonyl (C=O) groups is 1. The summed E-state index contributed by atoms with van der Waals surface area (Å²) in [5.41, 5.74) is 2.15. The minimum Gasteiger partial charge on any atom is -0.337 e. The Balaban J connectivity index is 1.38.